The van der Waals surface area contributed by atoms with Crippen molar-refractivity contribution in [2.75, 3.05) is 20.9 Å². The number of hydrogen-bond acceptors (Lipinski definition) is 14. The van der Waals surface area contributed by atoms with Crippen molar-refractivity contribution in [3.8, 4) is 11.1 Å². The van der Waals surface area contributed by atoms with Gasteiger partial charge in [0.05, 0.1) is 43.8 Å². The summed E-state index contributed by atoms with van der Waals surface area (Å²) in [5.41, 5.74) is -0.937. The molecule has 0 saturated carbocycles. The van der Waals surface area contributed by atoms with Gasteiger partial charge in [-0.25, -0.2) is 71.5 Å². The molecule has 0 unspecified atom stereocenters. The Morgan fingerprint density at radius 1 is 0.605 bits per heavy atom. The van der Waals surface area contributed by atoms with Gasteiger partial charge in [0.15, 0.2) is 11.6 Å². The number of fused-ring (bicyclic) bond motifs is 2. The van der Waals surface area contributed by atoms with Gasteiger partial charge in [0, 0.05) is 56.7 Å². The molecule has 8 aromatic rings. The molecule has 4 aromatic heterocycles. The van der Waals surface area contributed by atoms with E-state index < -0.39 is 105 Å². The molecular formula is C46H42BBrF4N8O12S4. The number of sulfonamides is 4. The van der Waals surface area contributed by atoms with Crippen molar-refractivity contribution < 1.29 is 70.9 Å². The fraction of sp³-hybridized carbons (Fsp3) is 0.130. The lowest BCUT2D eigenvalue weighted by atomic mass is 9.81. The van der Waals surface area contributed by atoms with E-state index in [9.17, 15) is 56.4 Å². The molecule has 400 valence electrons. The summed E-state index contributed by atoms with van der Waals surface area (Å²) < 4.78 is 156. The predicted octanol–water partition coefficient (Wildman–Crippen LogP) is 5.54. The zero-order valence-corrected chi connectivity index (χ0v) is 44.2. The number of nitrogens with two attached hydrogens (primary N) is 2. The van der Waals surface area contributed by atoms with Gasteiger partial charge in [0.25, 0.3) is 0 Å². The Labute approximate surface area is 440 Å². The van der Waals surface area contributed by atoms with E-state index in [1.807, 2.05) is 4.72 Å². The monoisotopic (exact) mass is 1190 g/mol. The standard InChI is InChI=1S/C23H20F2N4O5S2.C17H14BrF2N3O3S.C6H8BNO4S/c1-2-9-35(31,32)29-19-8-7-18(24)20(21(19)25)22(30)17-12-28-23-16(17)10-14(11-27-23)13-3-5-15(6-4-13)36(26,33)34;1-2-5-27(25,26)23-13-4-3-12(19)14(15(13)20)16(24)11-8-22-17-10(11)6-9(18)7-21-17;8-13(11,12)6-3-1-5(2-4-6)7(9)10/h3-8,10-12,29H,2,9H2,1H3,(H,27,28)(H2,26,33,34);3-4,6-8,23H,2,5H2,1H3,(H,21,22);1-4,9-10H,(H2,8,11,12). The molecule has 8 rings (SSSR count). The van der Waals surface area contributed by atoms with Crippen LogP contribution in [-0.4, -0.2) is 93.8 Å². The molecule has 76 heavy (non-hydrogen) atoms. The van der Waals surface area contributed by atoms with E-state index in [-0.39, 0.29) is 55.3 Å². The van der Waals surface area contributed by atoms with Crippen molar-refractivity contribution in [2.45, 2.75) is 36.5 Å². The number of H-pyrrole nitrogens is 2. The summed E-state index contributed by atoms with van der Waals surface area (Å²) >= 11 is 3.23. The number of aromatic amines is 2. The summed E-state index contributed by atoms with van der Waals surface area (Å²) in [6.45, 7) is 3.28. The van der Waals surface area contributed by atoms with Crippen molar-refractivity contribution in [2.24, 2.45) is 10.3 Å². The summed E-state index contributed by atoms with van der Waals surface area (Å²) in [5.74, 6) is -7.30. The van der Waals surface area contributed by atoms with Gasteiger partial charge >= 0.3 is 7.12 Å². The molecule has 0 radical (unpaired) electrons. The van der Waals surface area contributed by atoms with Gasteiger partial charge in [0.2, 0.25) is 51.7 Å². The van der Waals surface area contributed by atoms with Crippen LogP contribution < -0.4 is 25.2 Å². The van der Waals surface area contributed by atoms with E-state index in [0.29, 0.717) is 33.1 Å². The minimum absolute atomic E-state index is 0.0187. The van der Waals surface area contributed by atoms with Crippen LogP contribution in [0.1, 0.15) is 58.5 Å². The summed E-state index contributed by atoms with van der Waals surface area (Å²) in [4.78, 5) is 39.7. The highest BCUT2D eigenvalue weighted by atomic mass is 79.9. The van der Waals surface area contributed by atoms with Gasteiger partial charge in [-0.05, 0) is 100 Å². The fourth-order valence-corrected chi connectivity index (χ4v) is 10.7. The van der Waals surface area contributed by atoms with Crippen LogP contribution in [0.3, 0.4) is 0 Å². The van der Waals surface area contributed by atoms with Crippen molar-refractivity contribution in [3.63, 3.8) is 0 Å². The van der Waals surface area contributed by atoms with Crippen LogP contribution in [-0.2, 0) is 40.1 Å². The largest absolute Gasteiger partial charge is 0.488 e. The van der Waals surface area contributed by atoms with Crippen molar-refractivity contribution >= 4 is 114 Å². The lowest BCUT2D eigenvalue weighted by molar-refractivity contribution is 0.102. The van der Waals surface area contributed by atoms with E-state index in [1.54, 1.807) is 26.0 Å². The molecule has 0 atom stereocenters. The summed E-state index contributed by atoms with van der Waals surface area (Å²) in [5, 5.41) is 28.0. The zero-order valence-electron chi connectivity index (χ0n) is 39.3. The number of pyridine rings is 2. The minimum Gasteiger partial charge on any atom is -0.423 e. The van der Waals surface area contributed by atoms with Crippen LogP contribution in [0.25, 0.3) is 33.2 Å². The molecular weight excluding hydrogens is 1150 g/mol. The normalized spacial score (nSPS) is 11.8. The van der Waals surface area contributed by atoms with Gasteiger partial charge in [0.1, 0.15) is 22.9 Å². The van der Waals surface area contributed by atoms with Crippen molar-refractivity contribution in [3.05, 3.63) is 160 Å². The quantitative estimate of drug-likeness (QED) is 0.0335. The molecule has 0 aliphatic heterocycles. The Kier molecular flexibility index (Phi) is 18.1. The van der Waals surface area contributed by atoms with Crippen molar-refractivity contribution in [1.29, 1.82) is 0 Å². The highest BCUT2D eigenvalue weighted by Gasteiger charge is 2.28. The first-order chi connectivity index (χ1) is 35.5. The molecule has 0 aliphatic rings. The lowest BCUT2D eigenvalue weighted by Gasteiger charge is -2.11. The van der Waals surface area contributed by atoms with Gasteiger partial charge in [-0.3, -0.25) is 19.0 Å². The van der Waals surface area contributed by atoms with Crippen LogP contribution in [0, 0.1) is 23.3 Å². The van der Waals surface area contributed by atoms with E-state index in [4.69, 9.17) is 20.3 Å². The Balaban J connectivity index is 0.000000205. The van der Waals surface area contributed by atoms with E-state index in [0.717, 1.165) is 24.3 Å². The average Bonchev–Trinajstić information content (AvgIpc) is 3.97. The Hall–Kier alpha value is -6.90. The van der Waals surface area contributed by atoms with Gasteiger partial charge in [-0.15, -0.1) is 0 Å². The minimum atomic E-state index is -3.89. The number of carbonyl (C=O) groups excluding carboxylic acids is 2. The van der Waals surface area contributed by atoms with Gasteiger partial charge in [-0.2, -0.15) is 0 Å². The molecule has 30 heteroatoms. The Morgan fingerprint density at radius 2 is 1.01 bits per heavy atom. The number of carbonyl (C=O) groups is 2. The summed E-state index contributed by atoms with van der Waals surface area (Å²) in [7, 11) is -16.9. The second-order valence-corrected chi connectivity index (χ2v) is 23.9. The average molecular weight is 1190 g/mol. The topological polar surface area (TPSA) is 345 Å². The zero-order chi connectivity index (χ0) is 56.1. The van der Waals surface area contributed by atoms with Crippen LogP contribution in [0.2, 0.25) is 0 Å². The number of rotatable bonds is 16. The number of ketones is 2. The molecule has 0 saturated heterocycles. The summed E-state index contributed by atoms with van der Waals surface area (Å²) in [6.07, 6.45) is 6.14. The number of anilines is 2. The van der Waals surface area contributed by atoms with E-state index in [2.05, 4.69) is 40.6 Å². The third kappa shape index (κ3) is 13.9. The summed E-state index contributed by atoms with van der Waals surface area (Å²) in [6, 6.07) is 17.3. The number of aromatic nitrogens is 4. The molecule has 4 heterocycles. The van der Waals surface area contributed by atoms with E-state index >= 15 is 4.39 Å². The van der Waals surface area contributed by atoms with Gasteiger partial charge < -0.3 is 20.0 Å². The second kappa shape index (κ2) is 23.6. The molecule has 4 aromatic carbocycles. The molecule has 10 N–H and O–H groups in total. The smallest absolute Gasteiger partial charge is 0.423 e. The van der Waals surface area contributed by atoms with Crippen molar-refractivity contribution in [1.82, 2.24) is 19.9 Å². The second-order valence-electron chi connectivity index (χ2n) is 16.2. The molecule has 0 spiro atoms. The highest BCUT2D eigenvalue weighted by Crippen LogP contribution is 2.31. The third-order valence-corrected chi connectivity index (χ3v) is 15.9. The number of benzene rings is 4. The highest BCUT2D eigenvalue weighted by molar-refractivity contribution is 9.10. The first-order valence-corrected chi connectivity index (χ1v) is 29.0. The number of nitrogens with zero attached hydrogens (tertiary/aromatic N) is 2. The van der Waals surface area contributed by atoms with Crippen LogP contribution in [0.15, 0.2) is 124 Å². The molecule has 0 amide bonds. The first-order valence-electron chi connectivity index (χ1n) is 21.8. The predicted molar refractivity (Wildman–Crippen MR) is 279 cm³/mol. The molecule has 20 nitrogen and oxygen atoms in total. The van der Waals surface area contributed by atoms with Gasteiger partial charge in [-0.1, -0.05) is 38.1 Å². The SMILES string of the molecule is CCCS(=O)(=O)Nc1ccc(F)c(C(=O)c2c[nH]c3ncc(-c4ccc(S(N)(=O)=O)cc4)cc23)c1F.CCCS(=O)(=O)Nc1ccc(F)c(C(=O)c2c[nH]c3ncc(Br)cc23)c1F.NS(=O)(=O)c1ccc(B(O)O)cc1. The number of hydrogen-bond donors (Lipinski definition) is 8. The van der Waals surface area contributed by atoms with Crippen LogP contribution in [0.5, 0.6) is 0 Å². The Bertz CT molecular complexity index is 3990. The number of primary sulfonamides is 2. The van der Waals surface area contributed by atoms with Crippen LogP contribution >= 0.6 is 15.9 Å². The maximum Gasteiger partial charge on any atom is 0.488 e. The number of halogens is 5. The molecule has 0 aliphatic carbocycles. The van der Waals surface area contributed by atoms with E-state index in [1.165, 1.54) is 73.3 Å². The number of nitrogens with one attached hydrogen (secondary N) is 4. The fourth-order valence-electron chi connectivity index (χ4n) is 7.10. The Morgan fingerprint density at radius 3 is 1.42 bits per heavy atom. The molecule has 0 bridgehead atoms. The lowest BCUT2D eigenvalue weighted by Crippen LogP contribution is -2.29. The third-order valence-electron chi connectivity index (χ3n) is 10.7. The van der Waals surface area contributed by atoms with Crippen LogP contribution in [0.4, 0.5) is 28.9 Å². The maximum atomic E-state index is 15.2. The molecule has 0 fully saturated rings. The first kappa shape index (κ1) is 58.4. The maximum absolute atomic E-state index is 15.2.